The van der Waals surface area contributed by atoms with Crippen molar-refractivity contribution in [2.24, 2.45) is 0 Å². The third kappa shape index (κ3) is 2.72. The van der Waals surface area contributed by atoms with Crippen LogP contribution in [0.25, 0.3) is 0 Å². The second-order valence-corrected chi connectivity index (χ2v) is 2.38. The Morgan fingerprint density at radius 2 is 2.62 bits per heavy atom. The SMILES string of the molecule is C=CC(=O)Nc1ccn(CCO)n1. The molecule has 1 heterocycles. The second-order valence-electron chi connectivity index (χ2n) is 2.38. The molecule has 0 aliphatic carbocycles. The fourth-order valence-electron chi connectivity index (χ4n) is 0.833. The predicted octanol–water partition coefficient (Wildman–Crippen LogP) is -0.000100. The first kappa shape index (κ1) is 9.47. The van der Waals surface area contributed by atoms with Gasteiger partial charge >= 0.3 is 0 Å². The summed E-state index contributed by atoms with van der Waals surface area (Å²) in [6, 6.07) is 1.65. The van der Waals surface area contributed by atoms with E-state index in [1.54, 1.807) is 16.9 Å². The summed E-state index contributed by atoms with van der Waals surface area (Å²) in [7, 11) is 0. The highest BCUT2D eigenvalue weighted by Crippen LogP contribution is 2.01. The van der Waals surface area contributed by atoms with Crippen molar-refractivity contribution in [3.05, 3.63) is 24.9 Å². The van der Waals surface area contributed by atoms with Crippen LogP contribution in [-0.2, 0) is 11.3 Å². The van der Waals surface area contributed by atoms with Gasteiger partial charge in [-0.3, -0.25) is 9.48 Å². The molecule has 5 heteroatoms. The summed E-state index contributed by atoms with van der Waals surface area (Å²) in [4.78, 5) is 10.8. The maximum Gasteiger partial charge on any atom is 0.248 e. The summed E-state index contributed by atoms with van der Waals surface area (Å²) >= 11 is 0. The first-order valence-corrected chi connectivity index (χ1v) is 3.84. The third-order valence-corrected chi connectivity index (χ3v) is 1.41. The van der Waals surface area contributed by atoms with Crippen LogP contribution in [0.3, 0.4) is 0 Å². The van der Waals surface area contributed by atoms with E-state index >= 15 is 0 Å². The summed E-state index contributed by atoms with van der Waals surface area (Å²) in [5.41, 5.74) is 0. The molecule has 0 saturated heterocycles. The molecule has 0 bridgehead atoms. The molecule has 1 aromatic rings. The summed E-state index contributed by atoms with van der Waals surface area (Å²) in [6.07, 6.45) is 2.85. The minimum absolute atomic E-state index is 0.0243. The van der Waals surface area contributed by atoms with Gasteiger partial charge in [-0.1, -0.05) is 6.58 Å². The lowest BCUT2D eigenvalue weighted by molar-refractivity contribution is -0.111. The zero-order valence-electron chi connectivity index (χ0n) is 7.10. The molecule has 0 spiro atoms. The highest BCUT2D eigenvalue weighted by Gasteiger charge is 2.00. The quantitative estimate of drug-likeness (QED) is 0.642. The molecule has 0 saturated carbocycles. The Morgan fingerprint density at radius 3 is 3.23 bits per heavy atom. The Labute approximate surface area is 75.7 Å². The lowest BCUT2D eigenvalue weighted by Crippen LogP contribution is -2.09. The molecule has 1 amide bonds. The van der Waals surface area contributed by atoms with Gasteiger partial charge in [-0.2, -0.15) is 5.10 Å². The maximum atomic E-state index is 10.8. The normalized spacial score (nSPS) is 9.62. The lowest BCUT2D eigenvalue weighted by atomic mass is 10.5. The molecule has 0 fully saturated rings. The molecule has 0 unspecified atom stereocenters. The average molecular weight is 181 g/mol. The topological polar surface area (TPSA) is 67.2 Å². The number of carbonyl (C=O) groups is 1. The number of nitrogens with zero attached hydrogens (tertiary/aromatic N) is 2. The van der Waals surface area contributed by atoms with E-state index in [9.17, 15) is 4.79 Å². The molecule has 2 N–H and O–H groups in total. The average Bonchev–Trinajstić information content (AvgIpc) is 2.53. The number of carbonyl (C=O) groups excluding carboxylic acids is 1. The number of aliphatic hydroxyl groups is 1. The Kier molecular flexibility index (Phi) is 3.22. The van der Waals surface area contributed by atoms with Crippen molar-refractivity contribution in [3.8, 4) is 0 Å². The largest absolute Gasteiger partial charge is 0.394 e. The molecule has 0 aliphatic heterocycles. The van der Waals surface area contributed by atoms with E-state index in [-0.39, 0.29) is 12.5 Å². The molecule has 5 nitrogen and oxygen atoms in total. The Bertz CT molecular complexity index is 306. The molecule has 0 aliphatic rings. The first-order valence-electron chi connectivity index (χ1n) is 3.84. The number of aliphatic hydroxyl groups excluding tert-OH is 1. The van der Waals surface area contributed by atoms with Gasteiger partial charge in [0.05, 0.1) is 13.2 Å². The van der Waals surface area contributed by atoms with Crippen LogP contribution < -0.4 is 5.32 Å². The van der Waals surface area contributed by atoms with Crippen LogP contribution in [0.5, 0.6) is 0 Å². The van der Waals surface area contributed by atoms with Crippen molar-refractivity contribution in [1.82, 2.24) is 9.78 Å². The van der Waals surface area contributed by atoms with E-state index < -0.39 is 0 Å². The van der Waals surface area contributed by atoms with E-state index in [0.29, 0.717) is 12.4 Å². The minimum Gasteiger partial charge on any atom is -0.394 e. The number of rotatable bonds is 4. The molecule has 70 valence electrons. The highest BCUT2D eigenvalue weighted by atomic mass is 16.3. The zero-order chi connectivity index (χ0) is 9.68. The smallest absolute Gasteiger partial charge is 0.248 e. The summed E-state index contributed by atoms with van der Waals surface area (Å²) in [5.74, 6) is 0.160. The number of hydrogen-bond donors (Lipinski definition) is 2. The third-order valence-electron chi connectivity index (χ3n) is 1.41. The van der Waals surface area contributed by atoms with E-state index in [4.69, 9.17) is 5.11 Å². The number of amides is 1. The number of anilines is 1. The second kappa shape index (κ2) is 4.42. The lowest BCUT2D eigenvalue weighted by Gasteiger charge is -1.97. The number of hydrogen-bond acceptors (Lipinski definition) is 3. The van der Waals surface area contributed by atoms with Gasteiger partial charge < -0.3 is 10.4 Å². The minimum atomic E-state index is -0.297. The van der Waals surface area contributed by atoms with Gasteiger partial charge in [0.15, 0.2) is 5.82 Å². The summed E-state index contributed by atoms with van der Waals surface area (Å²) in [5, 5.41) is 15.1. The van der Waals surface area contributed by atoms with Gasteiger partial charge in [-0.05, 0) is 6.08 Å². The predicted molar refractivity (Wildman–Crippen MR) is 48.1 cm³/mol. The van der Waals surface area contributed by atoms with Crippen LogP contribution in [-0.4, -0.2) is 27.4 Å². The van der Waals surface area contributed by atoms with Crippen molar-refractivity contribution < 1.29 is 9.90 Å². The molecule has 0 radical (unpaired) electrons. The summed E-state index contributed by atoms with van der Waals surface area (Å²) in [6.45, 7) is 3.76. The molecular weight excluding hydrogens is 170 g/mol. The van der Waals surface area contributed by atoms with Gasteiger partial charge in [-0.25, -0.2) is 0 Å². The van der Waals surface area contributed by atoms with Crippen molar-refractivity contribution in [1.29, 1.82) is 0 Å². The molecule has 0 aromatic carbocycles. The van der Waals surface area contributed by atoms with E-state index in [0.717, 1.165) is 0 Å². The highest BCUT2D eigenvalue weighted by molar-refractivity contribution is 5.98. The van der Waals surface area contributed by atoms with E-state index in [1.165, 1.54) is 6.08 Å². The van der Waals surface area contributed by atoms with Crippen LogP contribution in [0.2, 0.25) is 0 Å². The summed E-state index contributed by atoms with van der Waals surface area (Å²) < 4.78 is 1.54. The Morgan fingerprint density at radius 1 is 1.85 bits per heavy atom. The standard InChI is InChI=1S/C8H11N3O2/c1-2-8(13)9-7-3-4-11(10-7)5-6-12/h2-4,12H,1,5-6H2,(H,9,10,13). The van der Waals surface area contributed by atoms with E-state index in [1.807, 2.05) is 0 Å². The molecule has 13 heavy (non-hydrogen) atoms. The fourth-order valence-corrected chi connectivity index (χ4v) is 0.833. The van der Waals surface area contributed by atoms with Crippen LogP contribution >= 0.6 is 0 Å². The van der Waals surface area contributed by atoms with Crippen LogP contribution in [0.1, 0.15) is 0 Å². The fraction of sp³-hybridized carbons (Fsp3) is 0.250. The van der Waals surface area contributed by atoms with Crippen LogP contribution in [0.15, 0.2) is 24.9 Å². The van der Waals surface area contributed by atoms with Gasteiger partial charge in [0.1, 0.15) is 0 Å². The molecule has 1 rings (SSSR count). The Hall–Kier alpha value is -1.62. The van der Waals surface area contributed by atoms with E-state index in [2.05, 4.69) is 17.0 Å². The van der Waals surface area contributed by atoms with Crippen LogP contribution in [0.4, 0.5) is 5.82 Å². The molecule has 1 aromatic heterocycles. The van der Waals surface area contributed by atoms with Gasteiger partial charge in [0.25, 0.3) is 0 Å². The maximum absolute atomic E-state index is 10.8. The molecule has 0 atom stereocenters. The van der Waals surface area contributed by atoms with Crippen molar-refractivity contribution in [2.45, 2.75) is 6.54 Å². The Balaban J connectivity index is 2.58. The van der Waals surface area contributed by atoms with Gasteiger partial charge in [0.2, 0.25) is 5.91 Å². The van der Waals surface area contributed by atoms with Crippen LogP contribution in [0, 0.1) is 0 Å². The van der Waals surface area contributed by atoms with Crippen molar-refractivity contribution in [3.63, 3.8) is 0 Å². The first-order chi connectivity index (χ1) is 6.26. The number of aromatic nitrogens is 2. The van der Waals surface area contributed by atoms with Gasteiger partial charge in [-0.15, -0.1) is 0 Å². The van der Waals surface area contributed by atoms with Gasteiger partial charge in [0, 0.05) is 12.3 Å². The molecular formula is C8H11N3O2. The monoisotopic (exact) mass is 181 g/mol. The van der Waals surface area contributed by atoms with Crippen molar-refractivity contribution >= 4 is 11.7 Å². The number of nitrogens with one attached hydrogen (secondary N) is 1. The zero-order valence-corrected chi connectivity index (χ0v) is 7.10. The van der Waals surface area contributed by atoms with Crippen molar-refractivity contribution in [2.75, 3.05) is 11.9 Å².